The third-order valence-electron chi connectivity index (χ3n) is 7.73. The van der Waals surface area contributed by atoms with Crippen LogP contribution in [-0.4, -0.2) is 45.8 Å². The predicted molar refractivity (Wildman–Crippen MR) is 147 cm³/mol. The molecule has 2 atom stereocenters. The molecule has 2 unspecified atom stereocenters. The van der Waals surface area contributed by atoms with E-state index in [4.69, 9.17) is 0 Å². The summed E-state index contributed by atoms with van der Waals surface area (Å²) in [6, 6.07) is 11.5. The Kier molecular flexibility index (Phi) is 8.29. The summed E-state index contributed by atoms with van der Waals surface area (Å²) in [6.07, 6.45) is 11.7. The van der Waals surface area contributed by atoms with E-state index in [2.05, 4.69) is 32.5 Å². The molecule has 39 heavy (non-hydrogen) atoms. The van der Waals surface area contributed by atoms with Crippen LogP contribution in [0.4, 0.5) is 0 Å². The number of imidazole rings is 1. The fraction of sp³-hybridized carbons (Fsp3) is 0.448. The van der Waals surface area contributed by atoms with Gasteiger partial charge in [-0.1, -0.05) is 57.2 Å². The summed E-state index contributed by atoms with van der Waals surface area (Å²) in [7, 11) is 0. The van der Waals surface area contributed by atoms with Gasteiger partial charge in [0.15, 0.2) is 5.82 Å². The maximum atomic E-state index is 13.8. The number of carbonyl (C=O) groups is 1. The zero-order valence-electron chi connectivity index (χ0n) is 22.3. The highest BCUT2D eigenvalue weighted by molar-refractivity contribution is 5.71. The molecule has 1 saturated carbocycles. The Labute approximate surface area is 227 Å². The van der Waals surface area contributed by atoms with Crippen molar-refractivity contribution in [2.24, 2.45) is 5.92 Å². The fourth-order valence-corrected chi connectivity index (χ4v) is 5.63. The molecule has 3 aromatic heterocycles. The second-order valence-corrected chi connectivity index (χ2v) is 10.4. The normalized spacial score (nSPS) is 18.0. The van der Waals surface area contributed by atoms with Gasteiger partial charge in [0.05, 0.1) is 24.2 Å². The second kappa shape index (κ2) is 12.2. The molecule has 0 saturated heterocycles. The Morgan fingerprint density at radius 2 is 1.87 bits per heavy atom. The van der Waals surface area contributed by atoms with E-state index in [0.29, 0.717) is 25.2 Å². The molecule has 1 aliphatic carbocycles. The molecule has 10 nitrogen and oxygen atoms in total. The zero-order chi connectivity index (χ0) is 27.2. The van der Waals surface area contributed by atoms with E-state index in [1.165, 1.54) is 0 Å². The lowest BCUT2D eigenvalue weighted by Crippen LogP contribution is -2.35. The van der Waals surface area contributed by atoms with Crippen LogP contribution in [0.2, 0.25) is 0 Å². The van der Waals surface area contributed by atoms with E-state index >= 15 is 0 Å². The molecule has 204 valence electrons. The summed E-state index contributed by atoms with van der Waals surface area (Å²) in [4.78, 5) is 30.6. The topological polar surface area (TPSA) is 132 Å². The van der Waals surface area contributed by atoms with Gasteiger partial charge >= 0.3 is 11.7 Å². The number of aliphatic carboxylic acids is 1. The van der Waals surface area contributed by atoms with Crippen molar-refractivity contribution in [3.05, 3.63) is 70.7 Å². The third kappa shape index (κ3) is 6.00. The first-order chi connectivity index (χ1) is 19.0. The third-order valence-corrected chi connectivity index (χ3v) is 7.73. The number of aromatic amines is 1. The van der Waals surface area contributed by atoms with Gasteiger partial charge in [-0.05, 0) is 65.4 Å². The van der Waals surface area contributed by atoms with Gasteiger partial charge in [0.1, 0.15) is 0 Å². The Hall–Kier alpha value is -4.08. The number of nitrogens with zero attached hydrogens (tertiary/aromatic N) is 6. The first-order valence-electron chi connectivity index (χ1n) is 13.9. The van der Waals surface area contributed by atoms with Crippen LogP contribution in [-0.2, 0) is 17.8 Å². The average molecular weight is 530 g/mol. The Balaban J connectivity index is 1.48. The number of unbranched alkanes of at least 4 members (excludes halogenated alkanes) is 1. The van der Waals surface area contributed by atoms with Crippen molar-refractivity contribution >= 4 is 5.97 Å². The smallest absolute Gasteiger partial charge is 0.328 e. The summed E-state index contributed by atoms with van der Waals surface area (Å²) in [6.45, 7) is 2.46. The van der Waals surface area contributed by atoms with Crippen molar-refractivity contribution in [3.63, 3.8) is 0 Å². The van der Waals surface area contributed by atoms with Crippen molar-refractivity contribution < 1.29 is 9.90 Å². The highest BCUT2D eigenvalue weighted by Crippen LogP contribution is 2.32. The number of benzene rings is 1. The average Bonchev–Trinajstić information content (AvgIpc) is 3.57. The van der Waals surface area contributed by atoms with Gasteiger partial charge in [-0.2, -0.15) is 0 Å². The van der Waals surface area contributed by atoms with Crippen molar-refractivity contribution in [1.82, 2.24) is 34.7 Å². The van der Waals surface area contributed by atoms with Crippen molar-refractivity contribution in [3.8, 4) is 22.5 Å². The first-order valence-corrected chi connectivity index (χ1v) is 13.9. The molecule has 1 aromatic carbocycles. The van der Waals surface area contributed by atoms with Gasteiger partial charge in [-0.25, -0.2) is 9.89 Å². The first kappa shape index (κ1) is 26.5. The Morgan fingerprint density at radius 3 is 2.64 bits per heavy atom. The highest BCUT2D eigenvalue weighted by atomic mass is 16.4. The molecule has 0 bridgehead atoms. The van der Waals surface area contributed by atoms with Gasteiger partial charge in [0.2, 0.25) is 0 Å². The summed E-state index contributed by atoms with van der Waals surface area (Å²) in [5.74, 6) is -0.769. The lowest BCUT2D eigenvalue weighted by atomic mass is 9.86. The summed E-state index contributed by atoms with van der Waals surface area (Å²) in [5, 5.41) is 24.1. The van der Waals surface area contributed by atoms with Crippen LogP contribution in [0, 0.1) is 5.92 Å². The molecule has 0 spiro atoms. The van der Waals surface area contributed by atoms with Gasteiger partial charge in [-0.15, -0.1) is 5.10 Å². The fourth-order valence-electron chi connectivity index (χ4n) is 5.63. The zero-order valence-corrected chi connectivity index (χ0v) is 22.3. The molecule has 5 rings (SSSR count). The number of hydrogen-bond acceptors (Lipinski definition) is 6. The minimum Gasteiger partial charge on any atom is -0.481 e. The monoisotopic (exact) mass is 529 g/mol. The maximum Gasteiger partial charge on any atom is 0.328 e. The number of aromatic nitrogens is 7. The number of carboxylic acids is 1. The van der Waals surface area contributed by atoms with Crippen LogP contribution in [0.3, 0.4) is 0 Å². The van der Waals surface area contributed by atoms with Gasteiger partial charge < -0.3 is 5.11 Å². The van der Waals surface area contributed by atoms with Crippen molar-refractivity contribution in [1.29, 1.82) is 0 Å². The molecule has 3 heterocycles. The molecular formula is C29H35N7O3. The standard InChI is InChI=1S/C29H35N7O3/c1-2-3-11-24-19-36(26-13-7-5-4-6-12-25(26)28(37)38)29(39)35(24)18-23-17-21(14-15-30-23)20-9-8-10-22(16-20)27-31-33-34-32-27/h8-10,14-17,19,25-26H,2-7,11-13,18H2,1H3,(H,37,38)(H,31,32,33,34). The lowest BCUT2D eigenvalue weighted by Gasteiger charge is -2.26. The van der Waals surface area contributed by atoms with Gasteiger partial charge in [-0.3, -0.25) is 18.9 Å². The molecule has 2 N–H and O–H groups in total. The van der Waals surface area contributed by atoms with E-state index < -0.39 is 11.9 Å². The van der Waals surface area contributed by atoms with E-state index in [1.807, 2.05) is 42.6 Å². The Morgan fingerprint density at radius 1 is 1.08 bits per heavy atom. The minimum absolute atomic E-state index is 0.148. The largest absolute Gasteiger partial charge is 0.481 e. The minimum atomic E-state index is -0.811. The SMILES string of the molecule is CCCCc1cn(C2CCCCCCC2C(=O)O)c(=O)n1Cc1cc(-c2cccc(-c3nnn[nH]3)c2)ccn1. The number of hydrogen-bond donors (Lipinski definition) is 2. The van der Waals surface area contributed by atoms with Gasteiger partial charge in [0, 0.05) is 23.7 Å². The van der Waals surface area contributed by atoms with Crippen molar-refractivity contribution in [2.45, 2.75) is 77.3 Å². The second-order valence-electron chi connectivity index (χ2n) is 10.4. The van der Waals surface area contributed by atoms with E-state index in [0.717, 1.165) is 73.0 Å². The summed E-state index contributed by atoms with van der Waals surface area (Å²) >= 11 is 0. The van der Waals surface area contributed by atoms with Gasteiger partial charge in [0.25, 0.3) is 0 Å². The van der Waals surface area contributed by atoms with Crippen LogP contribution >= 0.6 is 0 Å². The molecule has 0 aliphatic heterocycles. The summed E-state index contributed by atoms with van der Waals surface area (Å²) in [5.41, 5.74) is 4.39. The molecular weight excluding hydrogens is 494 g/mol. The molecule has 1 fully saturated rings. The number of H-pyrrole nitrogens is 1. The van der Waals surface area contributed by atoms with Crippen LogP contribution in [0.5, 0.6) is 0 Å². The van der Waals surface area contributed by atoms with Crippen LogP contribution in [0.15, 0.2) is 53.6 Å². The van der Waals surface area contributed by atoms with E-state index in [-0.39, 0.29) is 11.7 Å². The number of tetrazole rings is 1. The molecule has 0 radical (unpaired) electrons. The Bertz CT molecular complexity index is 1460. The molecule has 10 heteroatoms. The van der Waals surface area contributed by atoms with E-state index in [1.54, 1.807) is 15.3 Å². The highest BCUT2D eigenvalue weighted by Gasteiger charge is 2.32. The molecule has 4 aromatic rings. The van der Waals surface area contributed by atoms with Crippen LogP contribution < -0.4 is 5.69 Å². The predicted octanol–water partition coefficient (Wildman–Crippen LogP) is 4.88. The maximum absolute atomic E-state index is 13.8. The van der Waals surface area contributed by atoms with Crippen LogP contribution in [0.25, 0.3) is 22.5 Å². The number of rotatable bonds is 9. The molecule has 1 aliphatic rings. The molecule has 0 amide bonds. The number of aryl methyl sites for hydroxylation is 1. The number of pyridine rings is 1. The quantitative estimate of drug-likeness (QED) is 0.316. The van der Waals surface area contributed by atoms with Crippen LogP contribution in [0.1, 0.15) is 75.7 Å². The lowest BCUT2D eigenvalue weighted by molar-refractivity contribution is -0.144. The summed E-state index contributed by atoms with van der Waals surface area (Å²) < 4.78 is 3.50. The number of nitrogens with one attached hydrogen (secondary N) is 1. The van der Waals surface area contributed by atoms with E-state index in [9.17, 15) is 14.7 Å². The number of carboxylic acid groups (broad SMARTS) is 1. The van der Waals surface area contributed by atoms with Crippen molar-refractivity contribution in [2.75, 3.05) is 0 Å².